The van der Waals surface area contributed by atoms with Crippen LogP contribution in [0.25, 0.3) is 11.4 Å². The molecule has 0 fully saturated rings. The van der Waals surface area contributed by atoms with Gasteiger partial charge >= 0.3 is 5.97 Å². The molecule has 6 nitrogen and oxygen atoms in total. The van der Waals surface area contributed by atoms with Crippen molar-refractivity contribution < 1.29 is 14.3 Å². The molecule has 0 amide bonds. The molecule has 0 aliphatic carbocycles. The van der Waals surface area contributed by atoms with E-state index in [4.69, 9.17) is 21.1 Å². The molecule has 0 saturated carbocycles. The van der Waals surface area contributed by atoms with E-state index in [1.54, 1.807) is 38.3 Å². The Kier molecular flexibility index (Phi) is 4.47. The van der Waals surface area contributed by atoms with Crippen molar-refractivity contribution >= 4 is 17.6 Å². The third kappa shape index (κ3) is 3.03. The van der Waals surface area contributed by atoms with Gasteiger partial charge in [-0.3, -0.25) is 0 Å². The van der Waals surface area contributed by atoms with Crippen LogP contribution in [0.2, 0.25) is 5.15 Å². The van der Waals surface area contributed by atoms with Crippen molar-refractivity contribution in [3.8, 4) is 17.1 Å². The Morgan fingerprint density at radius 3 is 2.50 bits per heavy atom. The molecule has 0 aliphatic rings. The Hall–Kier alpha value is -2.21. The van der Waals surface area contributed by atoms with Gasteiger partial charge in [0.1, 0.15) is 5.75 Å². The third-order valence-corrected chi connectivity index (χ3v) is 2.72. The van der Waals surface area contributed by atoms with Crippen LogP contribution in [0.4, 0.5) is 0 Å². The number of benzene rings is 1. The Morgan fingerprint density at radius 2 is 1.95 bits per heavy atom. The fraction of sp³-hybridized carbons (Fsp3) is 0.231. The number of hydrogen-bond donors (Lipinski definition) is 0. The second-order valence-electron chi connectivity index (χ2n) is 3.72. The molecule has 1 heterocycles. The molecule has 0 radical (unpaired) electrons. The van der Waals surface area contributed by atoms with E-state index in [1.165, 1.54) is 0 Å². The number of halogens is 1. The maximum Gasteiger partial charge on any atom is 0.362 e. The maximum absolute atomic E-state index is 11.5. The van der Waals surface area contributed by atoms with Crippen LogP contribution in [-0.2, 0) is 4.74 Å². The molecule has 1 aromatic heterocycles. The molecule has 0 atom stereocenters. The summed E-state index contributed by atoms with van der Waals surface area (Å²) in [5, 5.41) is 7.61. The maximum atomic E-state index is 11.5. The van der Waals surface area contributed by atoms with Gasteiger partial charge in [0.2, 0.25) is 5.69 Å². The standard InChI is InChI=1S/C13H12ClN3O3/c1-3-20-13(18)10-11(14)15-12(17-16-10)8-4-6-9(19-2)7-5-8/h4-7H,3H2,1-2H3. The fourth-order valence-corrected chi connectivity index (χ4v) is 1.69. The van der Waals surface area contributed by atoms with Crippen LogP contribution >= 0.6 is 11.6 Å². The monoisotopic (exact) mass is 293 g/mol. The van der Waals surface area contributed by atoms with Crippen molar-refractivity contribution in [2.75, 3.05) is 13.7 Å². The molecule has 0 N–H and O–H groups in total. The molecule has 104 valence electrons. The highest BCUT2D eigenvalue weighted by Gasteiger charge is 2.17. The van der Waals surface area contributed by atoms with Crippen molar-refractivity contribution in [1.29, 1.82) is 0 Å². The topological polar surface area (TPSA) is 74.2 Å². The van der Waals surface area contributed by atoms with E-state index in [1.807, 2.05) is 0 Å². The smallest absolute Gasteiger partial charge is 0.362 e. The summed E-state index contributed by atoms with van der Waals surface area (Å²) in [7, 11) is 1.58. The normalized spacial score (nSPS) is 10.2. The Balaban J connectivity index is 2.30. The minimum absolute atomic E-state index is 0.0377. The summed E-state index contributed by atoms with van der Waals surface area (Å²) in [6.45, 7) is 1.93. The van der Waals surface area contributed by atoms with Gasteiger partial charge in [-0.05, 0) is 31.2 Å². The van der Waals surface area contributed by atoms with Gasteiger partial charge in [-0.2, -0.15) is 0 Å². The Labute approximate surface area is 120 Å². The molecule has 0 unspecified atom stereocenters. The van der Waals surface area contributed by atoms with Gasteiger partial charge < -0.3 is 9.47 Å². The number of carbonyl (C=O) groups excluding carboxylic acids is 1. The predicted octanol–water partition coefficient (Wildman–Crippen LogP) is 2.38. The largest absolute Gasteiger partial charge is 0.497 e. The molecule has 0 aliphatic heterocycles. The molecule has 2 aromatic rings. The van der Waals surface area contributed by atoms with Crippen molar-refractivity contribution in [1.82, 2.24) is 15.2 Å². The van der Waals surface area contributed by atoms with Gasteiger partial charge in [-0.25, -0.2) is 9.78 Å². The summed E-state index contributed by atoms with van der Waals surface area (Å²) in [6, 6.07) is 7.09. The lowest BCUT2D eigenvalue weighted by molar-refractivity contribution is 0.0518. The Morgan fingerprint density at radius 1 is 1.25 bits per heavy atom. The van der Waals surface area contributed by atoms with E-state index in [9.17, 15) is 4.79 Å². The predicted molar refractivity (Wildman–Crippen MR) is 72.8 cm³/mol. The first-order valence-electron chi connectivity index (χ1n) is 5.87. The van der Waals surface area contributed by atoms with E-state index in [0.717, 1.165) is 11.3 Å². The van der Waals surface area contributed by atoms with Crippen LogP contribution in [-0.4, -0.2) is 34.9 Å². The van der Waals surface area contributed by atoms with Gasteiger partial charge in [0.25, 0.3) is 0 Å². The minimum atomic E-state index is -0.640. The summed E-state index contributed by atoms with van der Waals surface area (Å²) in [6.07, 6.45) is 0. The SMILES string of the molecule is CCOC(=O)c1nnc(-c2ccc(OC)cc2)nc1Cl. The molecule has 1 aromatic carbocycles. The number of carbonyl (C=O) groups is 1. The molecule has 2 rings (SSSR count). The van der Waals surface area contributed by atoms with E-state index >= 15 is 0 Å². The number of aromatic nitrogens is 3. The number of ether oxygens (including phenoxy) is 2. The van der Waals surface area contributed by atoms with Crippen molar-refractivity contribution in [3.63, 3.8) is 0 Å². The average Bonchev–Trinajstić information content (AvgIpc) is 2.47. The second kappa shape index (κ2) is 6.29. The zero-order chi connectivity index (χ0) is 14.5. The van der Waals surface area contributed by atoms with Crippen LogP contribution in [0.1, 0.15) is 17.4 Å². The number of rotatable bonds is 4. The van der Waals surface area contributed by atoms with Crippen molar-refractivity contribution in [2.24, 2.45) is 0 Å². The lowest BCUT2D eigenvalue weighted by Gasteiger charge is -2.04. The zero-order valence-electron chi connectivity index (χ0n) is 11.0. The highest BCUT2D eigenvalue weighted by Crippen LogP contribution is 2.21. The van der Waals surface area contributed by atoms with Crippen LogP contribution in [0, 0.1) is 0 Å². The number of methoxy groups -OCH3 is 1. The molecule has 7 heteroatoms. The van der Waals surface area contributed by atoms with Gasteiger partial charge in [-0.15, -0.1) is 10.2 Å². The van der Waals surface area contributed by atoms with Crippen molar-refractivity contribution in [3.05, 3.63) is 35.1 Å². The van der Waals surface area contributed by atoms with Gasteiger partial charge in [0.15, 0.2) is 11.0 Å². The third-order valence-electron chi connectivity index (χ3n) is 2.46. The lowest BCUT2D eigenvalue weighted by Crippen LogP contribution is -2.10. The summed E-state index contributed by atoms with van der Waals surface area (Å²) in [5.74, 6) is 0.403. The van der Waals surface area contributed by atoms with Crippen LogP contribution in [0.5, 0.6) is 5.75 Å². The average molecular weight is 294 g/mol. The summed E-state index contributed by atoms with van der Waals surface area (Å²) in [4.78, 5) is 15.6. The van der Waals surface area contributed by atoms with E-state index in [-0.39, 0.29) is 17.5 Å². The molecule has 0 spiro atoms. The van der Waals surface area contributed by atoms with Crippen molar-refractivity contribution in [2.45, 2.75) is 6.92 Å². The second-order valence-corrected chi connectivity index (χ2v) is 4.08. The molecule has 20 heavy (non-hydrogen) atoms. The number of hydrogen-bond acceptors (Lipinski definition) is 6. The van der Waals surface area contributed by atoms with E-state index < -0.39 is 5.97 Å². The van der Waals surface area contributed by atoms with E-state index in [0.29, 0.717) is 5.82 Å². The summed E-state index contributed by atoms with van der Waals surface area (Å²) >= 11 is 5.93. The van der Waals surface area contributed by atoms with Gasteiger partial charge in [0.05, 0.1) is 13.7 Å². The first-order chi connectivity index (χ1) is 9.65. The molecular weight excluding hydrogens is 282 g/mol. The minimum Gasteiger partial charge on any atom is -0.497 e. The lowest BCUT2D eigenvalue weighted by atomic mass is 10.2. The first kappa shape index (κ1) is 14.2. The Bertz CT molecular complexity index is 617. The quantitative estimate of drug-likeness (QED) is 0.806. The van der Waals surface area contributed by atoms with Crippen LogP contribution in [0.15, 0.2) is 24.3 Å². The molecular formula is C13H12ClN3O3. The summed E-state index contributed by atoms with van der Waals surface area (Å²) in [5.41, 5.74) is 0.626. The first-order valence-corrected chi connectivity index (χ1v) is 6.25. The highest BCUT2D eigenvalue weighted by molar-refractivity contribution is 6.32. The zero-order valence-corrected chi connectivity index (χ0v) is 11.7. The number of nitrogens with zero attached hydrogens (tertiary/aromatic N) is 3. The molecule has 0 saturated heterocycles. The highest BCUT2D eigenvalue weighted by atomic mass is 35.5. The fourth-order valence-electron chi connectivity index (χ4n) is 1.49. The van der Waals surface area contributed by atoms with Gasteiger partial charge in [-0.1, -0.05) is 11.6 Å². The van der Waals surface area contributed by atoms with E-state index in [2.05, 4.69) is 15.2 Å². The van der Waals surface area contributed by atoms with Gasteiger partial charge in [0, 0.05) is 5.56 Å². The van der Waals surface area contributed by atoms with Crippen LogP contribution < -0.4 is 4.74 Å². The van der Waals surface area contributed by atoms with Crippen LogP contribution in [0.3, 0.4) is 0 Å². The molecule has 0 bridgehead atoms. The summed E-state index contributed by atoms with van der Waals surface area (Å²) < 4.78 is 9.86. The number of esters is 1.